The maximum absolute atomic E-state index is 9.87. The number of aromatic nitrogens is 1. The molecule has 3 aromatic rings. The Balaban J connectivity index is 1.88. The Morgan fingerprint density at radius 2 is 1.90 bits per heavy atom. The van der Waals surface area contributed by atoms with Gasteiger partial charge in [0.05, 0.1) is 5.69 Å². The van der Waals surface area contributed by atoms with Gasteiger partial charge in [-0.05, 0) is 30.7 Å². The van der Waals surface area contributed by atoms with Gasteiger partial charge in [0.2, 0.25) is 0 Å². The third kappa shape index (κ3) is 2.83. The summed E-state index contributed by atoms with van der Waals surface area (Å²) in [7, 11) is 0. The molecule has 5 heteroatoms. The van der Waals surface area contributed by atoms with E-state index in [2.05, 4.69) is 10.3 Å². The summed E-state index contributed by atoms with van der Waals surface area (Å²) in [5.41, 5.74) is 3.42. The van der Waals surface area contributed by atoms with Crippen LogP contribution in [-0.2, 0) is 0 Å². The summed E-state index contributed by atoms with van der Waals surface area (Å²) < 4.78 is 0. The number of phenols is 2. The standard InChI is InChI=1S/C16H14N2O2S/c1-10-4-2-3-5-13(10)17-16-18-14(9-21-16)12-7-6-11(19)8-15(12)20/h2-9,19-20H,1H3,(H,17,18). The van der Waals surface area contributed by atoms with Crippen molar-refractivity contribution >= 4 is 22.2 Å². The van der Waals surface area contributed by atoms with Gasteiger partial charge in [0.1, 0.15) is 11.5 Å². The van der Waals surface area contributed by atoms with Crippen LogP contribution in [-0.4, -0.2) is 15.2 Å². The highest BCUT2D eigenvalue weighted by Crippen LogP contribution is 2.34. The summed E-state index contributed by atoms with van der Waals surface area (Å²) >= 11 is 1.46. The molecular weight excluding hydrogens is 284 g/mol. The summed E-state index contributed by atoms with van der Waals surface area (Å²) in [4.78, 5) is 4.47. The molecule has 3 rings (SSSR count). The van der Waals surface area contributed by atoms with Gasteiger partial charge < -0.3 is 15.5 Å². The van der Waals surface area contributed by atoms with Crippen LogP contribution in [0.2, 0.25) is 0 Å². The molecule has 3 N–H and O–H groups in total. The van der Waals surface area contributed by atoms with E-state index in [1.54, 1.807) is 6.07 Å². The summed E-state index contributed by atoms with van der Waals surface area (Å²) in [6.07, 6.45) is 0. The number of rotatable bonds is 3. The summed E-state index contributed by atoms with van der Waals surface area (Å²) in [5, 5.41) is 25.1. The number of thiazole rings is 1. The summed E-state index contributed by atoms with van der Waals surface area (Å²) in [5.74, 6) is 0.0486. The van der Waals surface area contributed by atoms with E-state index in [1.807, 2.05) is 36.6 Å². The average molecular weight is 298 g/mol. The van der Waals surface area contributed by atoms with Crippen LogP contribution in [0.4, 0.5) is 10.8 Å². The number of hydrogen-bond donors (Lipinski definition) is 3. The Bertz CT molecular complexity index is 783. The topological polar surface area (TPSA) is 65.4 Å². The average Bonchev–Trinajstić information content (AvgIpc) is 2.90. The molecule has 21 heavy (non-hydrogen) atoms. The maximum atomic E-state index is 9.87. The lowest BCUT2D eigenvalue weighted by molar-refractivity contribution is 0.452. The zero-order valence-corrected chi connectivity index (χ0v) is 12.2. The minimum absolute atomic E-state index is 0.0164. The van der Waals surface area contributed by atoms with Crippen molar-refractivity contribution in [1.82, 2.24) is 4.98 Å². The predicted octanol–water partition coefficient (Wildman–Crippen LogP) is 4.27. The predicted molar refractivity (Wildman–Crippen MR) is 85.3 cm³/mol. The second-order valence-corrected chi connectivity index (χ2v) is 5.54. The molecular formula is C16H14N2O2S. The summed E-state index contributed by atoms with van der Waals surface area (Å²) in [6.45, 7) is 2.03. The number of benzene rings is 2. The van der Waals surface area contributed by atoms with Gasteiger partial charge in [-0.2, -0.15) is 0 Å². The third-order valence-corrected chi connectivity index (χ3v) is 3.91. The molecule has 0 saturated heterocycles. The van der Waals surface area contributed by atoms with Crippen molar-refractivity contribution in [3.05, 3.63) is 53.4 Å². The van der Waals surface area contributed by atoms with Crippen molar-refractivity contribution in [2.75, 3.05) is 5.32 Å². The van der Waals surface area contributed by atoms with Crippen LogP contribution in [0.1, 0.15) is 5.56 Å². The van der Waals surface area contributed by atoms with Gasteiger partial charge >= 0.3 is 0 Å². The number of nitrogens with one attached hydrogen (secondary N) is 1. The zero-order chi connectivity index (χ0) is 14.8. The van der Waals surface area contributed by atoms with Gasteiger partial charge in [-0.25, -0.2) is 4.98 Å². The molecule has 0 fully saturated rings. The third-order valence-electron chi connectivity index (χ3n) is 3.15. The normalized spacial score (nSPS) is 10.5. The minimum atomic E-state index is 0.0164. The molecule has 2 aromatic carbocycles. The Morgan fingerprint density at radius 1 is 1.10 bits per heavy atom. The smallest absolute Gasteiger partial charge is 0.187 e. The van der Waals surface area contributed by atoms with E-state index in [0.717, 1.165) is 16.4 Å². The quantitative estimate of drug-likeness (QED) is 0.675. The molecule has 1 aromatic heterocycles. The van der Waals surface area contributed by atoms with Gasteiger partial charge in [-0.3, -0.25) is 0 Å². The highest BCUT2D eigenvalue weighted by molar-refractivity contribution is 7.14. The number of anilines is 2. The van der Waals surface area contributed by atoms with E-state index in [4.69, 9.17) is 0 Å². The van der Waals surface area contributed by atoms with Crippen molar-refractivity contribution < 1.29 is 10.2 Å². The molecule has 0 atom stereocenters. The van der Waals surface area contributed by atoms with Crippen molar-refractivity contribution in [3.63, 3.8) is 0 Å². The fraction of sp³-hybridized carbons (Fsp3) is 0.0625. The molecule has 1 heterocycles. The van der Waals surface area contributed by atoms with Gasteiger partial charge in [0.25, 0.3) is 0 Å². The highest BCUT2D eigenvalue weighted by Gasteiger charge is 2.10. The number of nitrogens with zero attached hydrogens (tertiary/aromatic N) is 1. The van der Waals surface area contributed by atoms with Crippen LogP contribution in [0.5, 0.6) is 11.5 Å². The Labute approximate surface area is 126 Å². The van der Waals surface area contributed by atoms with Gasteiger partial charge in [0, 0.05) is 22.7 Å². The van der Waals surface area contributed by atoms with Crippen LogP contribution in [0.3, 0.4) is 0 Å². The number of para-hydroxylation sites is 1. The fourth-order valence-electron chi connectivity index (χ4n) is 2.02. The fourth-order valence-corrected chi connectivity index (χ4v) is 2.74. The maximum Gasteiger partial charge on any atom is 0.187 e. The van der Waals surface area contributed by atoms with Crippen LogP contribution >= 0.6 is 11.3 Å². The molecule has 0 aliphatic rings. The Kier molecular flexibility index (Phi) is 3.50. The molecule has 4 nitrogen and oxygen atoms in total. The lowest BCUT2D eigenvalue weighted by Gasteiger charge is -2.05. The lowest BCUT2D eigenvalue weighted by Crippen LogP contribution is -1.92. The first-order valence-corrected chi connectivity index (χ1v) is 7.32. The van der Waals surface area contributed by atoms with E-state index in [-0.39, 0.29) is 11.5 Å². The molecule has 106 valence electrons. The second kappa shape index (κ2) is 5.46. The largest absolute Gasteiger partial charge is 0.508 e. The zero-order valence-electron chi connectivity index (χ0n) is 11.4. The van der Waals surface area contributed by atoms with E-state index < -0.39 is 0 Å². The van der Waals surface area contributed by atoms with Gasteiger partial charge in [-0.15, -0.1) is 11.3 Å². The molecule has 0 aliphatic heterocycles. The number of aromatic hydroxyl groups is 2. The molecule has 0 spiro atoms. The van der Waals surface area contributed by atoms with Crippen molar-refractivity contribution in [3.8, 4) is 22.8 Å². The Hall–Kier alpha value is -2.53. The monoisotopic (exact) mass is 298 g/mol. The number of aryl methyl sites for hydroxylation is 1. The highest BCUT2D eigenvalue weighted by atomic mass is 32.1. The van der Waals surface area contributed by atoms with Crippen LogP contribution in [0.15, 0.2) is 47.8 Å². The lowest BCUT2D eigenvalue weighted by atomic mass is 10.1. The number of hydrogen-bond acceptors (Lipinski definition) is 5. The molecule has 0 unspecified atom stereocenters. The Morgan fingerprint density at radius 3 is 2.67 bits per heavy atom. The van der Waals surface area contributed by atoms with Crippen LogP contribution in [0.25, 0.3) is 11.3 Å². The van der Waals surface area contributed by atoms with Gasteiger partial charge in [0.15, 0.2) is 5.13 Å². The van der Waals surface area contributed by atoms with Crippen LogP contribution in [0, 0.1) is 6.92 Å². The minimum Gasteiger partial charge on any atom is -0.508 e. The van der Waals surface area contributed by atoms with Gasteiger partial charge in [-0.1, -0.05) is 18.2 Å². The second-order valence-electron chi connectivity index (χ2n) is 4.68. The molecule has 0 radical (unpaired) electrons. The molecule has 0 amide bonds. The van der Waals surface area contributed by atoms with Crippen molar-refractivity contribution in [1.29, 1.82) is 0 Å². The first-order valence-electron chi connectivity index (χ1n) is 6.44. The van der Waals surface area contributed by atoms with Crippen LogP contribution < -0.4 is 5.32 Å². The molecule has 0 saturated carbocycles. The van der Waals surface area contributed by atoms with Crippen molar-refractivity contribution in [2.24, 2.45) is 0 Å². The first-order chi connectivity index (χ1) is 10.1. The summed E-state index contributed by atoms with van der Waals surface area (Å²) in [6, 6.07) is 12.5. The SMILES string of the molecule is Cc1ccccc1Nc1nc(-c2ccc(O)cc2O)cs1. The number of phenolic OH excluding ortho intramolecular Hbond substituents is 2. The van der Waals surface area contributed by atoms with E-state index in [1.165, 1.54) is 23.5 Å². The van der Waals surface area contributed by atoms with E-state index in [9.17, 15) is 10.2 Å². The first kappa shape index (κ1) is 13.5. The molecule has 0 aliphatic carbocycles. The van der Waals surface area contributed by atoms with E-state index >= 15 is 0 Å². The molecule has 0 bridgehead atoms. The van der Waals surface area contributed by atoms with E-state index in [0.29, 0.717) is 11.3 Å². The van der Waals surface area contributed by atoms with Crippen molar-refractivity contribution in [2.45, 2.75) is 6.92 Å².